The van der Waals surface area contributed by atoms with Gasteiger partial charge in [0, 0.05) is 43.0 Å². The Balaban J connectivity index is 1.46. The molecule has 3 rings (SSSR count). The van der Waals surface area contributed by atoms with Crippen LogP contribution >= 0.6 is 11.3 Å². The number of hydrogen-bond acceptors (Lipinski definition) is 6. The van der Waals surface area contributed by atoms with Gasteiger partial charge in [0.2, 0.25) is 11.9 Å². The maximum absolute atomic E-state index is 12.4. The number of carbonyl (C=O) groups is 1. The van der Waals surface area contributed by atoms with Crippen molar-refractivity contribution < 1.29 is 4.79 Å². The Morgan fingerprint density at radius 2 is 2.38 bits per heavy atom. The zero-order valence-corrected chi connectivity index (χ0v) is 15.8. The average Bonchev–Trinajstić information content (AvgIpc) is 3.25. The van der Waals surface area contributed by atoms with Crippen molar-refractivity contribution in [1.29, 1.82) is 0 Å². The van der Waals surface area contributed by atoms with E-state index in [1.165, 1.54) is 10.9 Å². The molecule has 0 aromatic carbocycles. The number of likely N-dealkylation sites (N-methyl/N-ethyl adjacent to an activating group) is 1. The molecule has 7 nitrogen and oxygen atoms in total. The lowest BCUT2D eigenvalue weighted by Crippen LogP contribution is -2.36. The second-order valence-corrected chi connectivity index (χ2v) is 7.78. The molecule has 3 N–H and O–H groups in total. The summed E-state index contributed by atoms with van der Waals surface area (Å²) in [4.78, 5) is 36.0. The fourth-order valence-corrected chi connectivity index (χ4v) is 4.10. The fourth-order valence-electron chi connectivity index (χ4n) is 3.35. The first kappa shape index (κ1) is 18.6. The van der Waals surface area contributed by atoms with Gasteiger partial charge in [-0.15, -0.1) is 11.3 Å². The van der Waals surface area contributed by atoms with Gasteiger partial charge in [-0.2, -0.15) is 0 Å². The van der Waals surface area contributed by atoms with Crippen molar-refractivity contribution in [3.8, 4) is 0 Å². The number of nitrogens with two attached hydrogens (primary N) is 1. The second kappa shape index (κ2) is 8.46. The zero-order valence-electron chi connectivity index (χ0n) is 15.0. The van der Waals surface area contributed by atoms with E-state index in [9.17, 15) is 9.59 Å². The molecule has 1 aliphatic rings. The number of aromatic amines is 1. The van der Waals surface area contributed by atoms with Gasteiger partial charge in [-0.25, -0.2) is 4.98 Å². The maximum atomic E-state index is 12.4. The third-order valence-electron chi connectivity index (χ3n) is 4.76. The second-order valence-electron chi connectivity index (χ2n) is 6.75. The molecule has 0 saturated carbocycles. The summed E-state index contributed by atoms with van der Waals surface area (Å²) in [6, 6.07) is 5.91. The molecular formula is C18H25N5O2S. The van der Waals surface area contributed by atoms with E-state index in [2.05, 4.69) is 26.3 Å². The first-order chi connectivity index (χ1) is 12.5. The number of amides is 1. The number of hydrogen-bond donors (Lipinski definition) is 2. The lowest BCUT2D eigenvalue weighted by atomic mass is 10.2. The van der Waals surface area contributed by atoms with E-state index in [0.717, 1.165) is 32.4 Å². The van der Waals surface area contributed by atoms with E-state index < -0.39 is 0 Å². The molecule has 0 unspecified atom stereocenters. The number of rotatable bonds is 7. The molecule has 3 heterocycles. The number of likely N-dealkylation sites (tertiary alicyclic amines) is 1. The SMILES string of the molecule is CN(Cc1cc(=O)[nH]c(N)n1)[C@@H]1CCN(C(=O)CCCc2cccs2)C1. The van der Waals surface area contributed by atoms with Crippen molar-refractivity contribution in [2.45, 2.75) is 38.3 Å². The predicted molar refractivity (Wildman–Crippen MR) is 103 cm³/mol. The van der Waals surface area contributed by atoms with E-state index >= 15 is 0 Å². The quantitative estimate of drug-likeness (QED) is 0.764. The summed E-state index contributed by atoms with van der Waals surface area (Å²) in [6.07, 6.45) is 3.40. The van der Waals surface area contributed by atoms with Crippen LogP contribution in [0, 0.1) is 0 Å². The summed E-state index contributed by atoms with van der Waals surface area (Å²) in [5.41, 5.74) is 6.00. The van der Waals surface area contributed by atoms with Gasteiger partial charge in [-0.05, 0) is 37.8 Å². The third-order valence-corrected chi connectivity index (χ3v) is 5.69. The number of nitrogens with zero attached hydrogens (tertiary/aromatic N) is 3. The molecule has 140 valence electrons. The first-order valence-corrected chi connectivity index (χ1v) is 9.75. The monoisotopic (exact) mass is 375 g/mol. The van der Waals surface area contributed by atoms with Crippen molar-refractivity contribution in [2.24, 2.45) is 0 Å². The molecule has 0 bridgehead atoms. The average molecular weight is 375 g/mol. The number of aromatic nitrogens is 2. The summed E-state index contributed by atoms with van der Waals surface area (Å²) in [5, 5.41) is 2.07. The standard InChI is InChI=1S/C18H25N5O2S/c1-22(11-13-10-16(24)21-18(19)20-13)14-7-8-23(12-14)17(25)6-2-4-15-5-3-9-26-15/h3,5,9-10,14H,2,4,6-8,11-12H2,1H3,(H3,19,20,21,24)/t14-/m1/s1. The van der Waals surface area contributed by atoms with Crippen LogP contribution in [-0.2, 0) is 17.8 Å². The number of thiophene rings is 1. The van der Waals surface area contributed by atoms with Gasteiger partial charge in [0.25, 0.3) is 5.56 Å². The smallest absolute Gasteiger partial charge is 0.252 e. The number of aryl methyl sites for hydroxylation is 1. The fraction of sp³-hybridized carbons (Fsp3) is 0.500. The van der Waals surface area contributed by atoms with E-state index in [1.807, 2.05) is 18.0 Å². The summed E-state index contributed by atoms with van der Waals surface area (Å²) < 4.78 is 0. The lowest BCUT2D eigenvalue weighted by molar-refractivity contribution is -0.130. The van der Waals surface area contributed by atoms with Gasteiger partial charge in [-0.1, -0.05) is 6.07 Å². The van der Waals surface area contributed by atoms with Gasteiger partial charge < -0.3 is 10.6 Å². The molecule has 26 heavy (non-hydrogen) atoms. The highest BCUT2D eigenvalue weighted by Crippen LogP contribution is 2.18. The minimum atomic E-state index is -0.241. The van der Waals surface area contributed by atoms with Gasteiger partial charge in [0.05, 0.1) is 5.69 Å². The largest absolute Gasteiger partial charge is 0.369 e. The molecule has 1 atom stereocenters. The summed E-state index contributed by atoms with van der Waals surface area (Å²) >= 11 is 1.74. The van der Waals surface area contributed by atoms with Crippen molar-refractivity contribution in [3.05, 3.63) is 44.5 Å². The molecule has 2 aromatic rings. The highest BCUT2D eigenvalue weighted by atomic mass is 32.1. The van der Waals surface area contributed by atoms with Gasteiger partial charge in [0.15, 0.2) is 0 Å². The van der Waals surface area contributed by atoms with Crippen LogP contribution in [0.3, 0.4) is 0 Å². The topological polar surface area (TPSA) is 95.3 Å². The van der Waals surface area contributed by atoms with E-state index in [4.69, 9.17) is 5.73 Å². The predicted octanol–water partition coefficient (Wildman–Crippen LogP) is 1.47. The summed E-state index contributed by atoms with van der Waals surface area (Å²) in [6.45, 7) is 2.06. The number of H-pyrrole nitrogens is 1. The molecule has 0 aliphatic carbocycles. The molecule has 2 aromatic heterocycles. The molecule has 1 amide bonds. The van der Waals surface area contributed by atoms with Crippen LogP contribution in [0.25, 0.3) is 0 Å². The number of nitrogens with one attached hydrogen (secondary N) is 1. The highest BCUT2D eigenvalue weighted by Gasteiger charge is 2.28. The minimum absolute atomic E-state index is 0.134. The Bertz CT molecular complexity index is 789. The summed E-state index contributed by atoms with van der Waals surface area (Å²) in [5.74, 6) is 0.367. The van der Waals surface area contributed by atoms with E-state index in [0.29, 0.717) is 18.7 Å². The van der Waals surface area contributed by atoms with Crippen LogP contribution in [0.15, 0.2) is 28.4 Å². The Morgan fingerprint density at radius 1 is 1.54 bits per heavy atom. The molecule has 1 fully saturated rings. The van der Waals surface area contributed by atoms with E-state index in [1.54, 1.807) is 11.3 Å². The van der Waals surface area contributed by atoms with Crippen LogP contribution < -0.4 is 11.3 Å². The van der Waals surface area contributed by atoms with Crippen LogP contribution in [0.5, 0.6) is 0 Å². The normalized spacial score (nSPS) is 17.2. The molecule has 8 heteroatoms. The Kier molecular flexibility index (Phi) is 6.05. The molecule has 0 spiro atoms. The number of nitrogen functional groups attached to an aromatic ring is 1. The van der Waals surface area contributed by atoms with Crippen molar-refractivity contribution >= 4 is 23.2 Å². The van der Waals surface area contributed by atoms with Crippen molar-refractivity contribution in [2.75, 3.05) is 25.9 Å². The minimum Gasteiger partial charge on any atom is -0.369 e. The first-order valence-electron chi connectivity index (χ1n) is 8.87. The number of carbonyl (C=O) groups excluding carboxylic acids is 1. The van der Waals surface area contributed by atoms with Crippen LogP contribution in [-0.4, -0.2) is 51.9 Å². The van der Waals surface area contributed by atoms with Crippen LogP contribution in [0.4, 0.5) is 5.95 Å². The third kappa shape index (κ3) is 4.92. The van der Waals surface area contributed by atoms with Gasteiger partial charge >= 0.3 is 0 Å². The molecule has 0 radical (unpaired) electrons. The van der Waals surface area contributed by atoms with Gasteiger partial charge in [-0.3, -0.25) is 19.5 Å². The Hall–Kier alpha value is -2.19. The van der Waals surface area contributed by atoms with Crippen LogP contribution in [0.2, 0.25) is 0 Å². The van der Waals surface area contributed by atoms with Crippen LogP contribution in [0.1, 0.15) is 29.8 Å². The molecular weight excluding hydrogens is 350 g/mol. The maximum Gasteiger partial charge on any atom is 0.252 e. The lowest BCUT2D eigenvalue weighted by Gasteiger charge is -2.24. The van der Waals surface area contributed by atoms with Gasteiger partial charge in [0.1, 0.15) is 0 Å². The molecule has 1 saturated heterocycles. The zero-order chi connectivity index (χ0) is 18.5. The van der Waals surface area contributed by atoms with E-state index in [-0.39, 0.29) is 23.5 Å². The Morgan fingerprint density at radius 3 is 3.12 bits per heavy atom. The molecule has 1 aliphatic heterocycles. The van der Waals surface area contributed by atoms with Crippen molar-refractivity contribution in [3.63, 3.8) is 0 Å². The highest BCUT2D eigenvalue weighted by molar-refractivity contribution is 7.09. The summed E-state index contributed by atoms with van der Waals surface area (Å²) in [7, 11) is 1.99. The van der Waals surface area contributed by atoms with Crippen molar-refractivity contribution in [1.82, 2.24) is 19.8 Å². The Labute approximate surface area is 156 Å². The number of anilines is 1.